The van der Waals surface area contributed by atoms with Crippen LogP contribution in [0.3, 0.4) is 0 Å². The molecule has 2 rings (SSSR count). The predicted molar refractivity (Wildman–Crippen MR) is 72.7 cm³/mol. The molecule has 1 heterocycles. The second-order valence-electron chi connectivity index (χ2n) is 5.46. The first-order valence-corrected chi connectivity index (χ1v) is 6.90. The Labute approximate surface area is 114 Å². The summed E-state index contributed by atoms with van der Waals surface area (Å²) < 4.78 is 1.69. The zero-order valence-corrected chi connectivity index (χ0v) is 12.1. The Bertz CT molecular complexity index is 391. The smallest absolute Gasteiger partial charge is 0.115 e. The van der Waals surface area contributed by atoms with E-state index in [2.05, 4.69) is 10.00 Å². The molecule has 1 N–H and O–H groups in total. The van der Waals surface area contributed by atoms with Gasteiger partial charge in [0.25, 0.3) is 0 Å². The van der Waals surface area contributed by atoms with Crippen LogP contribution in [0, 0.1) is 0 Å². The zero-order valence-electron chi connectivity index (χ0n) is 11.4. The topological polar surface area (TPSA) is 41.3 Å². The molecule has 5 heteroatoms. The van der Waals surface area contributed by atoms with Gasteiger partial charge >= 0.3 is 0 Å². The Hall–Kier alpha value is -0.580. The zero-order chi connectivity index (χ0) is 13.3. The molecule has 1 aliphatic carbocycles. The Morgan fingerprint density at radius 1 is 1.39 bits per heavy atom. The number of aliphatic hydroxyl groups excluding tert-OH is 1. The summed E-state index contributed by atoms with van der Waals surface area (Å²) in [5, 5.41) is 15.5. The van der Waals surface area contributed by atoms with Gasteiger partial charge in [-0.05, 0) is 26.9 Å². The summed E-state index contributed by atoms with van der Waals surface area (Å²) in [5.74, 6) is 0. The minimum absolute atomic E-state index is 0.213. The monoisotopic (exact) mass is 271 g/mol. The molecule has 0 saturated heterocycles. The molecule has 1 aliphatic rings. The number of aryl methyl sites for hydroxylation is 1. The van der Waals surface area contributed by atoms with Crippen LogP contribution in [-0.4, -0.2) is 39.4 Å². The van der Waals surface area contributed by atoms with E-state index in [1.165, 1.54) is 6.42 Å². The molecule has 1 aromatic heterocycles. The molecule has 0 bridgehead atoms. The fourth-order valence-corrected chi connectivity index (χ4v) is 3.38. The van der Waals surface area contributed by atoms with Crippen molar-refractivity contribution < 1.29 is 5.11 Å². The highest BCUT2D eigenvalue weighted by molar-refractivity contribution is 6.31. The van der Waals surface area contributed by atoms with Gasteiger partial charge in [-0.25, -0.2) is 0 Å². The van der Waals surface area contributed by atoms with E-state index in [9.17, 15) is 5.11 Å². The molecule has 1 unspecified atom stereocenters. The summed E-state index contributed by atoms with van der Waals surface area (Å²) in [6.07, 6.45) is 6.59. The molecular formula is C13H22ClN3O. The third kappa shape index (κ3) is 2.17. The Balaban J connectivity index is 2.37. The van der Waals surface area contributed by atoms with Crippen molar-refractivity contribution in [2.75, 3.05) is 14.1 Å². The quantitative estimate of drug-likeness (QED) is 0.918. The van der Waals surface area contributed by atoms with Crippen LogP contribution in [0.4, 0.5) is 0 Å². The minimum Gasteiger partial charge on any atom is -0.385 e. The van der Waals surface area contributed by atoms with Crippen LogP contribution in [0.15, 0.2) is 6.20 Å². The van der Waals surface area contributed by atoms with Gasteiger partial charge in [0, 0.05) is 7.05 Å². The molecule has 4 nitrogen and oxygen atoms in total. The van der Waals surface area contributed by atoms with Crippen molar-refractivity contribution >= 4 is 11.6 Å². The molecule has 0 radical (unpaired) electrons. The lowest BCUT2D eigenvalue weighted by molar-refractivity contribution is -0.0374. The average Bonchev–Trinajstić information content (AvgIpc) is 2.69. The van der Waals surface area contributed by atoms with E-state index in [-0.39, 0.29) is 5.54 Å². The van der Waals surface area contributed by atoms with Crippen LogP contribution in [0.2, 0.25) is 5.02 Å². The number of aliphatic hydroxyl groups is 1. The van der Waals surface area contributed by atoms with Gasteiger partial charge in [-0.2, -0.15) is 5.10 Å². The fraction of sp³-hybridized carbons (Fsp3) is 0.769. The number of aromatic nitrogens is 2. The summed E-state index contributed by atoms with van der Waals surface area (Å²) in [7, 11) is 5.91. The Kier molecular flexibility index (Phi) is 3.99. The summed E-state index contributed by atoms with van der Waals surface area (Å²) >= 11 is 6.16. The maximum Gasteiger partial charge on any atom is 0.115 e. The first-order chi connectivity index (χ1) is 8.49. The van der Waals surface area contributed by atoms with Gasteiger partial charge in [0.05, 0.1) is 22.5 Å². The normalized spacial score (nSPS) is 21.2. The van der Waals surface area contributed by atoms with Crippen molar-refractivity contribution in [2.45, 2.75) is 43.7 Å². The highest BCUT2D eigenvalue weighted by Crippen LogP contribution is 2.43. The van der Waals surface area contributed by atoms with Crippen molar-refractivity contribution in [1.82, 2.24) is 14.7 Å². The van der Waals surface area contributed by atoms with E-state index < -0.39 is 6.10 Å². The predicted octanol–water partition coefficient (Wildman–Crippen LogP) is 2.37. The number of rotatable bonds is 3. The van der Waals surface area contributed by atoms with E-state index in [4.69, 9.17) is 11.6 Å². The van der Waals surface area contributed by atoms with Crippen LogP contribution in [0.1, 0.15) is 43.9 Å². The lowest BCUT2D eigenvalue weighted by atomic mass is 9.75. The fourth-order valence-electron chi connectivity index (χ4n) is 3.11. The largest absolute Gasteiger partial charge is 0.385 e. The lowest BCUT2D eigenvalue weighted by Crippen LogP contribution is -2.51. The van der Waals surface area contributed by atoms with Gasteiger partial charge in [0.2, 0.25) is 0 Å². The van der Waals surface area contributed by atoms with E-state index >= 15 is 0 Å². The molecule has 0 aliphatic heterocycles. The van der Waals surface area contributed by atoms with E-state index in [0.29, 0.717) is 5.02 Å². The van der Waals surface area contributed by atoms with Crippen molar-refractivity contribution in [1.29, 1.82) is 0 Å². The minimum atomic E-state index is -0.590. The molecular weight excluding hydrogens is 250 g/mol. The van der Waals surface area contributed by atoms with Crippen LogP contribution in [0.5, 0.6) is 0 Å². The molecule has 0 aromatic carbocycles. The molecule has 18 heavy (non-hydrogen) atoms. The summed E-state index contributed by atoms with van der Waals surface area (Å²) in [4.78, 5) is 2.15. The Morgan fingerprint density at radius 2 is 2.00 bits per heavy atom. The van der Waals surface area contributed by atoms with Gasteiger partial charge in [0.15, 0.2) is 0 Å². The first kappa shape index (κ1) is 13.8. The summed E-state index contributed by atoms with van der Waals surface area (Å²) in [5.41, 5.74) is 0.516. The Morgan fingerprint density at radius 3 is 2.44 bits per heavy atom. The van der Waals surface area contributed by atoms with Crippen molar-refractivity contribution in [3.8, 4) is 0 Å². The van der Waals surface area contributed by atoms with Gasteiger partial charge in [-0.15, -0.1) is 0 Å². The molecule has 102 valence electrons. The van der Waals surface area contributed by atoms with Crippen LogP contribution in [-0.2, 0) is 7.05 Å². The number of hydrogen-bond acceptors (Lipinski definition) is 3. The van der Waals surface area contributed by atoms with E-state index in [1.807, 2.05) is 21.1 Å². The standard InChI is InChI=1S/C13H22ClN3O/c1-16(2)13(7-5-4-6-8-13)12(18)11-10(14)9-15-17(11)3/h9,12,18H,4-8H2,1-3H3. The molecule has 1 fully saturated rings. The van der Waals surface area contributed by atoms with Gasteiger partial charge in [-0.3, -0.25) is 4.68 Å². The van der Waals surface area contributed by atoms with E-state index in [1.54, 1.807) is 10.9 Å². The molecule has 0 spiro atoms. The van der Waals surface area contributed by atoms with Crippen LogP contribution >= 0.6 is 11.6 Å². The summed E-state index contributed by atoms with van der Waals surface area (Å²) in [6, 6.07) is 0. The second kappa shape index (κ2) is 5.19. The maximum atomic E-state index is 10.8. The van der Waals surface area contributed by atoms with Gasteiger partial charge < -0.3 is 10.0 Å². The number of likely N-dealkylation sites (N-methyl/N-ethyl adjacent to an activating group) is 1. The first-order valence-electron chi connectivity index (χ1n) is 6.52. The number of nitrogens with zero attached hydrogens (tertiary/aromatic N) is 3. The molecule has 1 aromatic rings. The van der Waals surface area contributed by atoms with Gasteiger partial charge in [-0.1, -0.05) is 30.9 Å². The van der Waals surface area contributed by atoms with E-state index in [0.717, 1.165) is 31.4 Å². The average molecular weight is 272 g/mol. The third-order valence-electron chi connectivity index (χ3n) is 4.32. The van der Waals surface area contributed by atoms with Crippen molar-refractivity contribution in [3.05, 3.63) is 16.9 Å². The second-order valence-corrected chi connectivity index (χ2v) is 5.87. The maximum absolute atomic E-state index is 10.8. The van der Waals surface area contributed by atoms with Crippen molar-refractivity contribution in [2.24, 2.45) is 7.05 Å². The van der Waals surface area contributed by atoms with Crippen LogP contribution in [0.25, 0.3) is 0 Å². The lowest BCUT2D eigenvalue weighted by Gasteiger charge is -2.46. The summed E-state index contributed by atoms with van der Waals surface area (Å²) in [6.45, 7) is 0. The van der Waals surface area contributed by atoms with Gasteiger partial charge in [0.1, 0.15) is 6.10 Å². The molecule has 1 saturated carbocycles. The van der Waals surface area contributed by atoms with Crippen LogP contribution < -0.4 is 0 Å². The number of hydrogen-bond donors (Lipinski definition) is 1. The SMILES string of the molecule is CN(C)C1(C(O)c2c(Cl)cnn2C)CCCCC1. The number of halogens is 1. The molecule has 1 atom stereocenters. The highest BCUT2D eigenvalue weighted by Gasteiger charge is 2.43. The van der Waals surface area contributed by atoms with Crippen molar-refractivity contribution in [3.63, 3.8) is 0 Å². The molecule has 0 amide bonds. The highest BCUT2D eigenvalue weighted by atomic mass is 35.5. The third-order valence-corrected chi connectivity index (χ3v) is 4.61.